The largest absolute Gasteiger partial charge is 0.426 e. The minimum absolute atomic E-state index is 0.119. The molecule has 0 aliphatic heterocycles. The number of carbonyl (C=O) groups is 1. The van der Waals surface area contributed by atoms with Crippen LogP contribution in [0.1, 0.15) is 18.7 Å². The Kier molecular flexibility index (Phi) is 1.96. The van der Waals surface area contributed by atoms with Crippen molar-refractivity contribution in [3.05, 3.63) is 24.0 Å². The highest BCUT2D eigenvalue weighted by molar-refractivity contribution is 5.80. The molecule has 1 N–H and O–H groups in total. The minimum Gasteiger partial charge on any atom is -0.426 e. The molecule has 0 saturated heterocycles. The van der Waals surface area contributed by atoms with Crippen molar-refractivity contribution in [1.29, 1.82) is 0 Å². The number of benzene rings is 1. The van der Waals surface area contributed by atoms with E-state index in [1.54, 1.807) is 12.1 Å². The summed E-state index contributed by atoms with van der Waals surface area (Å²) in [6.45, 7) is 1.90. The maximum Gasteiger partial charge on any atom is 0.314 e. The Morgan fingerprint density at radius 2 is 2.31 bits per heavy atom. The lowest BCUT2D eigenvalue weighted by molar-refractivity contribution is -0.135. The fourth-order valence-corrected chi connectivity index (χ4v) is 1.70. The summed E-state index contributed by atoms with van der Waals surface area (Å²) in [6.07, 6.45) is 1.92. The van der Waals surface area contributed by atoms with Gasteiger partial charge in [-0.25, -0.2) is 4.98 Å². The normalized spacial score (nSPS) is 15.3. The zero-order valence-electron chi connectivity index (χ0n) is 8.99. The molecule has 0 unspecified atom stereocenters. The summed E-state index contributed by atoms with van der Waals surface area (Å²) in [5.41, 5.74) is 1.79. The number of aromatic nitrogens is 2. The number of hydrogen-bond donors (Lipinski definition) is 1. The fraction of sp³-hybridized carbons (Fsp3) is 0.333. The molecule has 16 heavy (non-hydrogen) atoms. The summed E-state index contributed by atoms with van der Waals surface area (Å²) in [4.78, 5) is 18.9. The van der Waals surface area contributed by atoms with E-state index in [1.807, 2.05) is 13.0 Å². The zero-order valence-corrected chi connectivity index (χ0v) is 8.99. The predicted molar refractivity (Wildman–Crippen MR) is 59.2 cm³/mol. The lowest BCUT2D eigenvalue weighted by atomic mass is 10.3. The molecule has 0 atom stereocenters. The fourth-order valence-electron chi connectivity index (χ4n) is 1.70. The van der Waals surface area contributed by atoms with E-state index in [1.165, 1.54) is 0 Å². The van der Waals surface area contributed by atoms with E-state index in [9.17, 15) is 4.79 Å². The molecule has 3 rings (SSSR count). The van der Waals surface area contributed by atoms with Crippen LogP contribution >= 0.6 is 0 Å². The monoisotopic (exact) mass is 216 g/mol. The van der Waals surface area contributed by atoms with Crippen LogP contribution in [0.15, 0.2) is 18.2 Å². The van der Waals surface area contributed by atoms with E-state index < -0.39 is 0 Å². The SMILES string of the molecule is Cc1nc2cc(OC(=O)C3CC3)ccc2[nH]1. The molecule has 82 valence electrons. The summed E-state index contributed by atoms with van der Waals surface area (Å²) in [7, 11) is 0. The minimum atomic E-state index is -0.119. The third kappa shape index (κ3) is 1.66. The molecule has 4 nitrogen and oxygen atoms in total. The van der Waals surface area contributed by atoms with Gasteiger partial charge in [-0.1, -0.05) is 0 Å². The number of nitrogens with zero attached hydrogens (tertiary/aromatic N) is 1. The maximum absolute atomic E-state index is 11.5. The van der Waals surface area contributed by atoms with E-state index >= 15 is 0 Å². The summed E-state index contributed by atoms with van der Waals surface area (Å²) < 4.78 is 5.26. The highest BCUT2D eigenvalue weighted by atomic mass is 16.5. The van der Waals surface area contributed by atoms with E-state index in [2.05, 4.69) is 9.97 Å². The van der Waals surface area contributed by atoms with E-state index in [0.29, 0.717) is 5.75 Å². The summed E-state index contributed by atoms with van der Waals surface area (Å²) in [5, 5.41) is 0. The molecule has 1 saturated carbocycles. The summed E-state index contributed by atoms with van der Waals surface area (Å²) in [6, 6.07) is 5.46. The molecule has 4 heteroatoms. The highest BCUT2D eigenvalue weighted by Crippen LogP contribution is 2.31. The van der Waals surface area contributed by atoms with Crippen LogP contribution in [0.25, 0.3) is 11.0 Å². The van der Waals surface area contributed by atoms with Gasteiger partial charge in [-0.05, 0) is 31.9 Å². The lowest BCUT2D eigenvalue weighted by Gasteiger charge is -2.02. The quantitative estimate of drug-likeness (QED) is 0.618. The Labute approximate surface area is 92.6 Å². The molecule has 1 aliphatic rings. The number of H-pyrrole nitrogens is 1. The number of aryl methyl sites for hydroxylation is 1. The van der Waals surface area contributed by atoms with Crippen LogP contribution in [0.5, 0.6) is 5.75 Å². The van der Waals surface area contributed by atoms with Crippen molar-refractivity contribution in [3.8, 4) is 5.75 Å². The first-order valence-electron chi connectivity index (χ1n) is 5.40. The van der Waals surface area contributed by atoms with Crippen molar-refractivity contribution >= 4 is 17.0 Å². The van der Waals surface area contributed by atoms with Crippen LogP contribution in [-0.4, -0.2) is 15.9 Å². The van der Waals surface area contributed by atoms with Crippen molar-refractivity contribution in [3.63, 3.8) is 0 Å². The molecule has 1 fully saturated rings. The van der Waals surface area contributed by atoms with Crippen LogP contribution in [0.3, 0.4) is 0 Å². The first kappa shape index (κ1) is 9.39. The number of rotatable bonds is 2. The Hall–Kier alpha value is -1.84. The smallest absolute Gasteiger partial charge is 0.314 e. The van der Waals surface area contributed by atoms with Crippen molar-refractivity contribution < 1.29 is 9.53 Å². The Morgan fingerprint density at radius 3 is 3.06 bits per heavy atom. The van der Waals surface area contributed by atoms with Gasteiger partial charge in [-0.2, -0.15) is 0 Å². The van der Waals surface area contributed by atoms with Crippen LogP contribution in [-0.2, 0) is 4.79 Å². The number of esters is 1. The summed E-state index contributed by atoms with van der Waals surface area (Å²) >= 11 is 0. The van der Waals surface area contributed by atoms with Crippen LogP contribution in [0.2, 0.25) is 0 Å². The van der Waals surface area contributed by atoms with Gasteiger partial charge in [0.15, 0.2) is 0 Å². The molecule has 0 spiro atoms. The van der Waals surface area contributed by atoms with Crippen molar-refractivity contribution in [2.75, 3.05) is 0 Å². The number of carbonyl (C=O) groups excluding carboxylic acids is 1. The second-order valence-corrected chi connectivity index (χ2v) is 4.20. The molecule has 0 amide bonds. The topological polar surface area (TPSA) is 55.0 Å². The van der Waals surface area contributed by atoms with E-state index in [4.69, 9.17) is 4.74 Å². The molecule has 0 bridgehead atoms. The number of ether oxygens (including phenoxy) is 1. The third-order valence-electron chi connectivity index (χ3n) is 2.70. The lowest BCUT2D eigenvalue weighted by Crippen LogP contribution is -2.09. The highest BCUT2D eigenvalue weighted by Gasteiger charge is 2.31. The van der Waals surface area contributed by atoms with Gasteiger partial charge in [0, 0.05) is 6.07 Å². The molecule has 1 heterocycles. The van der Waals surface area contributed by atoms with Gasteiger partial charge in [-0.15, -0.1) is 0 Å². The molecular formula is C12H12N2O2. The van der Waals surface area contributed by atoms with Crippen LogP contribution in [0.4, 0.5) is 0 Å². The standard InChI is InChI=1S/C12H12N2O2/c1-7-13-10-5-4-9(6-11(10)14-7)16-12(15)8-2-3-8/h4-6,8H,2-3H2,1H3,(H,13,14). The number of hydrogen-bond acceptors (Lipinski definition) is 3. The number of imidazole rings is 1. The zero-order chi connectivity index (χ0) is 11.1. The van der Waals surface area contributed by atoms with Gasteiger partial charge in [0.05, 0.1) is 17.0 Å². The Balaban J connectivity index is 1.88. The summed E-state index contributed by atoms with van der Waals surface area (Å²) in [5.74, 6) is 1.44. The average molecular weight is 216 g/mol. The number of fused-ring (bicyclic) bond motifs is 1. The second-order valence-electron chi connectivity index (χ2n) is 4.20. The van der Waals surface area contributed by atoms with Gasteiger partial charge < -0.3 is 9.72 Å². The molecular weight excluding hydrogens is 204 g/mol. The van der Waals surface area contributed by atoms with E-state index in [-0.39, 0.29) is 11.9 Å². The average Bonchev–Trinajstić information content (AvgIpc) is 3.01. The van der Waals surface area contributed by atoms with Crippen LogP contribution in [0, 0.1) is 12.8 Å². The Bertz CT molecular complexity index is 555. The molecule has 1 aromatic carbocycles. The van der Waals surface area contributed by atoms with Gasteiger partial charge in [-0.3, -0.25) is 4.79 Å². The molecule has 1 aromatic heterocycles. The van der Waals surface area contributed by atoms with Gasteiger partial charge in [0.1, 0.15) is 11.6 Å². The van der Waals surface area contributed by atoms with Gasteiger partial charge in [0.25, 0.3) is 0 Å². The third-order valence-corrected chi connectivity index (χ3v) is 2.70. The van der Waals surface area contributed by atoms with Crippen LogP contribution < -0.4 is 4.74 Å². The van der Waals surface area contributed by atoms with Crippen molar-refractivity contribution in [2.24, 2.45) is 5.92 Å². The van der Waals surface area contributed by atoms with Crippen molar-refractivity contribution in [2.45, 2.75) is 19.8 Å². The maximum atomic E-state index is 11.5. The van der Waals surface area contributed by atoms with Crippen molar-refractivity contribution in [1.82, 2.24) is 9.97 Å². The Morgan fingerprint density at radius 1 is 1.50 bits per heavy atom. The van der Waals surface area contributed by atoms with Gasteiger partial charge >= 0.3 is 5.97 Å². The first-order chi connectivity index (χ1) is 7.72. The number of nitrogens with one attached hydrogen (secondary N) is 1. The molecule has 0 radical (unpaired) electrons. The molecule has 1 aliphatic carbocycles. The molecule has 2 aromatic rings. The predicted octanol–water partition coefficient (Wildman–Crippen LogP) is 2.19. The second kappa shape index (κ2) is 3.33. The van der Waals surface area contributed by atoms with E-state index in [0.717, 1.165) is 29.7 Å². The first-order valence-corrected chi connectivity index (χ1v) is 5.40. The van der Waals surface area contributed by atoms with Gasteiger partial charge in [0.2, 0.25) is 0 Å². The number of aromatic amines is 1.